The van der Waals surface area contributed by atoms with Gasteiger partial charge in [-0.25, -0.2) is 4.79 Å². The third-order valence-corrected chi connectivity index (χ3v) is 5.87. The number of benzene rings is 1. The van der Waals surface area contributed by atoms with E-state index in [-0.39, 0.29) is 12.5 Å². The van der Waals surface area contributed by atoms with E-state index >= 15 is 0 Å². The summed E-state index contributed by atoms with van der Waals surface area (Å²) in [5, 5.41) is 12.1. The molecule has 0 radical (unpaired) electrons. The number of rotatable bonds is 10. The molecule has 3 rings (SSSR count). The fourth-order valence-corrected chi connectivity index (χ4v) is 4.01. The lowest BCUT2D eigenvalue weighted by Crippen LogP contribution is -2.42. The molecule has 0 bridgehead atoms. The first-order valence-electron chi connectivity index (χ1n) is 11.6. The molecule has 33 heavy (non-hydrogen) atoms. The first-order valence-corrected chi connectivity index (χ1v) is 11.6. The molecule has 2 aromatic rings. The normalized spacial score (nSPS) is 15.1. The summed E-state index contributed by atoms with van der Waals surface area (Å²) < 4.78 is 5.56. The van der Waals surface area contributed by atoms with Gasteiger partial charge in [0.25, 0.3) is 0 Å². The van der Waals surface area contributed by atoms with Crippen LogP contribution in [0.3, 0.4) is 0 Å². The van der Waals surface area contributed by atoms with Crippen molar-refractivity contribution in [2.45, 2.75) is 38.7 Å². The molecule has 1 saturated heterocycles. The molecule has 2 heterocycles. The average Bonchev–Trinajstić information content (AvgIpc) is 2.84. The second-order valence-corrected chi connectivity index (χ2v) is 8.26. The van der Waals surface area contributed by atoms with Gasteiger partial charge in [-0.2, -0.15) is 0 Å². The highest BCUT2D eigenvalue weighted by atomic mass is 16.5. The van der Waals surface area contributed by atoms with Gasteiger partial charge in [0, 0.05) is 44.2 Å². The Kier molecular flexibility index (Phi) is 9.21. The molecular weight excluding hydrogens is 420 g/mol. The smallest absolute Gasteiger partial charge is 0.321 e. The number of nitrogens with one attached hydrogen (secondary N) is 1. The second kappa shape index (κ2) is 12.3. The Morgan fingerprint density at radius 1 is 1.21 bits per heavy atom. The number of piperidine rings is 1. The molecule has 2 N–H and O–H groups in total. The number of aliphatic carboxylic acids is 1. The number of carboxylic acids is 1. The predicted molar refractivity (Wildman–Crippen MR) is 128 cm³/mol. The summed E-state index contributed by atoms with van der Waals surface area (Å²) >= 11 is 0. The molecule has 1 fully saturated rings. The number of carbonyl (C=O) groups is 2. The maximum absolute atomic E-state index is 12.6. The maximum Gasteiger partial charge on any atom is 0.321 e. The lowest BCUT2D eigenvalue weighted by atomic mass is 10.1. The number of aromatic nitrogens is 1. The van der Waals surface area contributed by atoms with E-state index in [2.05, 4.69) is 15.2 Å². The van der Waals surface area contributed by atoms with Gasteiger partial charge >= 0.3 is 12.0 Å². The van der Waals surface area contributed by atoms with Crippen molar-refractivity contribution in [3.8, 4) is 11.3 Å². The van der Waals surface area contributed by atoms with Gasteiger partial charge in [0.15, 0.2) is 0 Å². The Hall–Kier alpha value is -2.97. The van der Waals surface area contributed by atoms with Gasteiger partial charge in [0.1, 0.15) is 0 Å². The second-order valence-electron chi connectivity index (χ2n) is 8.26. The van der Waals surface area contributed by atoms with Crippen LogP contribution in [0, 0.1) is 0 Å². The molecule has 178 valence electrons. The topological polar surface area (TPSA) is 95.0 Å². The van der Waals surface area contributed by atoms with Gasteiger partial charge in [-0.1, -0.05) is 24.6 Å². The van der Waals surface area contributed by atoms with E-state index in [1.54, 1.807) is 18.1 Å². The van der Waals surface area contributed by atoms with Crippen molar-refractivity contribution >= 4 is 17.7 Å². The number of carboxylic acid groups (broad SMARTS) is 1. The molecular formula is C25H34N4O4. The van der Waals surface area contributed by atoms with Crippen molar-refractivity contribution in [2.75, 3.05) is 44.7 Å². The largest absolute Gasteiger partial charge is 0.481 e. The number of hydrogen-bond acceptors (Lipinski definition) is 5. The van der Waals surface area contributed by atoms with E-state index in [1.165, 1.54) is 19.3 Å². The van der Waals surface area contributed by atoms with Crippen LogP contribution in [-0.4, -0.2) is 66.8 Å². The molecule has 8 heteroatoms. The SMILES string of the molecule is CCO[C@@H](CC(=O)O)c1ccc(-c2cccc(N(C)C(=O)NCCN3CCCCC3)c2)nc1. The first-order chi connectivity index (χ1) is 16.0. The summed E-state index contributed by atoms with van der Waals surface area (Å²) in [5.41, 5.74) is 3.11. The molecule has 0 aliphatic carbocycles. The van der Waals surface area contributed by atoms with E-state index in [0.29, 0.717) is 13.2 Å². The summed E-state index contributed by atoms with van der Waals surface area (Å²) in [6, 6.07) is 11.2. The van der Waals surface area contributed by atoms with Crippen LogP contribution in [0.2, 0.25) is 0 Å². The zero-order valence-electron chi connectivity index (χ0n) is 19.5. The van der Waals surface area contributed by atoms with Gasteiger partial charge < -0.3 is 20.1 Å². The van der Waals surface area contributed by atoms with Crippen LogP contribution < -0.4 is 10.2 Å². The fraction of sp³-hybridized carbons (Fsp3) is 0.480. The molecule has 0 unspecified atom stereocenters. The standard InChI is InChI=1S/C25H34N4O4/c1-3-33-23(17-24(30)31)20-10-11-22(27-18-20)19-8-7-9-21(16-19)28(2)25(32)26-12-15-29-13-5-4-6-14-29/h7-11,16,18,23H,3-6,12-15,17H2,1-2H3,(H,26,32)(H,30,31)/t23-/m0/s1. The van der Waals surface area contributed by atoms with Crippen molar-refractivity contribution in [3.63, 3.8) is 0 Å². The number of nitrogens with zero attached hydrogens (tertiary/aromatic N) is 3. The van der Waals surface area contributed by atoms with E-state index in [0.717, 1.165) is 42.1 Å². The lowest BCUT2D eigenvalue weighted by Gasteiger charge is -2.27. The van der Waals surface area contributed by atoms with Crippen molar-refractivity contribution in [1.29, 1.82) is 0 Å². The van der Waals surface area contributed by atoms with Crippen molar-refractivity contribution in [2.24, 2.45) is 0 Å². The van der Waals surface area contributed by atoms with Crippen LogP contribution in [-0.2, 0) is 9.53 Å². The molecule has 1 aromatic carbocycles. The number of carbonyl (C=O) groups excluding carboxylic acids is 1. The summed E-state index contributed by atoms with van der Waals surface area (Å²) in [5.74, 6) is -0.914. The summed E-state index contributed by atoms with van der Waals surface area (Å²) in [6.45, 7) is 5.99. The highest BCUT2D eigenvalue weighted by Crippen LogP contribution is 2.26. The number of anilines is 1. The number of pyridine rings is 1. The third-order valence-electron chi connectivity index (χ3n) is 5.87. The van der Waals surface area contributed by atoms with Gasteiger partial charge in [0.05, 0.1) is 18.2 Å². The first kappa shape index (κ1) is 24.7. The van der Waals surface area contributed by atoms with E-state index < -0.39 is 12.1 Å². The highest BCUT2D eigenvalue weighted by Gasteiger charge is 2.17. The molecule has 1 atom stereocenters. The molecule has 8 nitrogen and oxygen atoms in total. The van der Waals surface area contributed by atoms with Crippen LogP contribution in [0.5, 0.6) is 0 Å². The molecule has 1 aromatic heterocycles. The van der Waals surface area contributed by atoms with Crippen LogP contribution in [0.15, 0.2) is 42.6 Å². The predicted octanol–water partition coefficient (Wildman–Crippen LogP) is 3.93. The minimum absolute atomic E-state index is 0.109. The Balaban J connectivity index is 1.62. The average molecular weight is 455 g/mol. The molecule has 1 aliphatic rings. The molecule has 0 spiro atoms. The number of ether oxygens (including phenoxy) is 1. The van der Waals surface area contributed by atoms with Gasteiger partial charge in [-0.15, -0.1) is 0 Å². The monoisotopic (exact) mass is 454 g/mol. The minimum Gasteiger partial charge on any atom is -0.481 e. The van der Waals surface area contributed by atoms with Crippen LogP contribution in [0.4, 0.5) is 10.5 Å². The third kappa shape index (κ3) is 7.27. The highest BCUT2D eigenvalue weighted by molar-refractivity contribution is 5.92. The Morgan fingerprint density at radius 2 is 2.00 bits per heavy atom. The summed E-state index contributed by atoms with van der Waals surface area (Å²) in [7, 11) is 1.75. The Bertz CT molecular complexity index is 913. The van der Waals surface area contributed by atoms with Gasteiger partial charge in [-0.3, -0.25) is 14.7 Å². The Morgan fingerprint density at radius 3 is 2.67 bits per heavy atom. The van der Waals surface area contributed by atoms with Crippen LogP contribution in [0.25, 0.3) is 11.3 Å². The maximum atomic E-state index is 12.6. The zero-order chi connectivity index (χ0) is 23.6. The quantitative estimate of drug-likeness (QED) is 0.565. The number of amides is 2. The van der Waals surface area contributed by atoms with E-state index in [1.807, 2.05) is 43.3 Å². The summed E-state index contributed by atoms with van der Waals surface area (Å²) in [6.07, 6.45) is 4.79. The molecule has 0 saturated carbocycles. The lowest BCUT2D eigenvalue weighted by molar-refractivity contribution is -0.140. The fourth-order valence-electron chi connectivity index (χ4n) is 4.01. The minimum atomic E-state index is -0.914. The number of likely N-dealkylation sites (tertiary alicyclic amines) is 1. The van der Waals surface area contributed by atoms with Crippen LogP contribution in [0.1, 0.15) is 44.3 Å². The number of hydrogen-bond donors (Lipinski definition) is 2. The van der Waals surface area contributed by atoms with Crippen molar-refractivity contribution in [1.82, 2.24) is 15.2 Å². The molecule has 2 amide bonds. The Labute approximate surface area is 195 Å². The van der Waals surface area contributed by atoms with Gasteiger partial charge in [0.2, 0.25) is 0 Å². The number of urea groups is 1. The summed E-state index contributed by atoms with van der Waals surface area (Å²) in [4.78, 5) is 32.2. The van der Waals surface area contributed by atoms with Crippen LogP contribution >= 0.6 is 0 Å². The van der Waals surface area contributed by atoms with Gasteiger partial charge in [-0.05, 0) is 56.6 Å². The van der Waals surface area contributed by atoms with E-state index in [4.69, 9.17) is 9.84 Å². The molecule has 1 aliphatic heterocycles. The van der Waals surface area contributed by atoms with E-state index in [9.17, 15) is 9.59 Å². The zero-order valence-corrected chi connectivity index (χ0v) is 19.5. The van der Waals surface area contributed by atoms with Crippen molar-refractivity contribution in [3.05, 3.63) is 48.2 Å². The van der Waals surface area contributed by atoms with Crippen molar-refractivity contribution < 1.29 is 19.4 Å².